The fourth-order valence-electron chi connectivity index (χ4n) is 3.10. The number of anilines is 1. The summed E-state index contributed by atoms with van der Waals surface area (Å²) in [6.07, 6.45) is 6.59. The van der Waals surface area contributed by atoms with Crippen LogP contribution in [0, 0.1) is 0 Å². The van der Waals surface area contributed by atoms with Gasteiger partial charge >= 0.3 is 0 Å². The zero-order chi connectivity index (χ0) is 13.9. The van der Waals surface area contributed by atoms with Gasteiger partial charge in [-0.3, -0.25) is 4.90 Å². The quantitative estimate of drug-likeness (QED) is 0.896. The molecule has 1 unspecified atom stereocenters. The Kier molecular flexibility index (Phi) is 4.17. The van der Waals surface area contributed by atoms with Gasteiger partial charge in [0.1, 0.15) is 0 Å². The number of piperazine rings is 1. The van der Waals surface area contributed by atoms with Gasteiger partial charge in [-0.05, 0) is 19.4 Å². The molecular weight excluding hydrogens is 250 g/mol. The molecule has 1 N–H and O–H groups in total. The van der Waals surface area contributed by atoms with Crippen molar-refractivity contribution in [3.8, 4) is 0 Å². The minimum Gasteiger partial charge on any atom is -0.338 e. The first kappa shape index (κ1) is 13.8. The number of nitrogens with zero attached hydrogens (tertiary/aromatic N) is 4. The summed E-state index contributed by atoms with van der Waals surface area (Å²) < 4.78 is 0. The van der Waals surface area contributed by atoms with Crippen LogP contribution in [-0.4, -0.2) is 53.1 Å². The van der Waals surface area contributed by atoms with Crippen molar-refractivity contribution in [3.05, 3.63) is 18.0 Å². The Labute approximate surface area is 121 Å². The summed E-state index contributed by atoms with van der Waals surface area (Å²) >= 11 is 0. The first-order valence-electron chi connectivity index (χ1n) is 7.75. The maximum absolute atomic E-state index is 4.55. The van der Waals surface area contributed by atoms with E-state index in [0.717, 1.165) is 43.7 Å². The molecule has 2 saturated heterocycles. The molecule has 5 nitrogen and oxygen atoms in total. The first-order valence-corrected chi connectivity index (χ1v) is 7.75. The van der Waals surface area contributed by atoms with Gasteiger partial charge in [0.2, 0.25) is 5.95 Å². The summed E-state index contributed by atoms with van der Waals surface area (Å²) in [6.45, 7) is 9.72. The fraction of sp³-hybridized carbons (Fsp3) is 0.733. The number of hydrogen-bond donors (Lipinski definition) is 1. The average Bonchev–Trinajstić information content (AvgIpc) is 2.93. The van der Waals surface area contributed by atoms with E-state index in [1.54, 1.807) is 0 Å². The van der Waals surface area contributed by atoms with Crippen molar-refractivity contribution >= 4 is 5.95 Å². The highest BCUT2D eigenvalue weighted by Crippen LogP contribution is 2.23. The molecule has 0 radical (unpaired) electrons. The number of fused-ring (bicyclic) bond motifs is 1. The molecule has 0 aliphatic carbocycles. The molecule has 5 heteroatoms. The van der Waals surface area contributed by atoms with Gasteiger partial charge in [0.15, 0.2) is 0 Å². The summed E-state index contributed by atoms with van der Waals surface area (Å²) in [7, 11) is 0. The smallest absolute Gasteiger partial charge is 0.225 e. The predicted molar refractivity (Wildman–Crippen MR) is 80.8 cm³/mol. The Balaban J connectivity index is 1.60. The average molecular weight is 275 g/mol. The van der Waals surface area contributed by atoms with Crippen LogP contribution in [0.5, 0.6) is 0 Å². The number of nitrogens with one attached hydrogen (secondary N) is 1. The number of aromatic nitrogens is 2. The second-order valence-corrected chi connectivity index (χ2v) is 6.20. The summed E-state index contributed by atoms with van der Waals surface area (Å²) in [5.41, 5.74) is 1.15. The van der Waals surface area contributed by atoms with Crippen LogP contribution >= 0.6 is 0 Å². The van der Waals surface area contributed by atoms with Crippen LogP contribution in [0.4, 0.5) is 5.95 Å². The highest BCUT2D eigenvalue weighted by Gasteiger charge is 2.31. The number of hydrogen-bond acceptors (Lipinski definition) is 5. The van der Waals surface area contributed by atoms with Gasteiger partial charge in [0.25, 0.3) is 0 Å². The lowest BCUT2D eigenvalue weighted by molar-refractivity contribution is 0.229. The van der Waals surface area contributed by atoms with E-state index >= 15 is 0 Å². The van der Waals surface area contributed by atoms with Crippen LogP contribution in [0.1, 0.15) is 32.3 Å². The summed E-state index contributed by atoms with van der Waals surface area (Å²) in [5, 5.41) is 3.39. The SMILES string of the molecule is CC(C)NCc1cnc(N2CCN3CCCC3C2)nc1. The monoisotopic (exact) mass is 275 g/mol. The third kappa shape index (κ3) is 3.10. The number of rotatable bonds is 4. The molecule has 0 spiro atoms. The van der Waals surface area contributed by atoms with E-state index in [4.69, 9.17) is 0 Å². The molecule has 0 aromatic carbocycles. The minimum absolute atomic E-state index is 0.491. The highest BCUT2D eigenvalue weighted by molar-refractivity contribution is 5.31. The van der Waals surface area contributed by atoms with Gasteiger partial charge in [-0.2, -0.15) is 0 Å². The van der Waals surface area contributed by atoms with Gasteiger partial charge < -0.3 is 10.2 Å². The van der Waals surface area contributed by atoms with Crippen LogP contribution in [0.3, 0.4) is 0 Å². The Bertz CT molecular complexity index is 430. The normalized spacial score (nSPS) is 23.4. The molecule has 20 heavy (non-hydrogen) atoms. The van der Waals surface area contributed by atoms with Crippen LogP contribution in [-0.2, 0) is 6.54 Å². The summed E-state index contributed by atoms with van der Waals surface area (Å²) in [4.78, 5) is 14.0. The zero-order valence-corrected chi connectivity index (χ0v) is 12.5. The molecule has 2 aliphatic heterocycles. The van der Waals surface area contributed by atoms with Crippen molar-refractivity contribution in [3.63, 3.8) is 0 Å². The van der Waals surface area contributed by atoms with E-state index in [9.17, 15) is 0 Å². The van der Waals surface area contributed by atoms with E-state index in [2.05, 4.69) is 38.9 Å². The molecule has 1 aromatic heterocycles. The lowest BCUT2D eigenvalue weighted by Gasteiger charge is -2.37. The molecule has 3 heterocycles. The summed E-state index contributed by atoms with van der Waals surface area (Å²) in [6, 6.07) is 1.21. The van der Waals surface area contributed by atoms with Crippen LogP contribution in [0.2, 0.25) is 0 Å². The van der Waals surface area contributed by atoms with Gasteiger partial charge in [-0.25, -0.2) is 9.97 Å². The first-order chi connectivity index (χ1) is 9.72. The molecule has 2 aliphatic rings. The minimum atomic E-state index is 0.491. The van der Waals surface area contributed by atoms with Crippen LogP contribution in [0.25, 0.3) is 0 Å². The van der Waals surface area contributed by atoms with Crippen LogP contribution in [0.15, 0.2) is 12.4 Å². The lowest BCUT2D eigenvalue weighted by atomic mass is 10.1. The fourth-order valence-corrected chi connectivity index (χ4v) is 3.10. The molecule has 0 bridgehead atoms. The Morgan fingerprint density at radius 1 is 1.25 bits per heavy atom. The van der Waals surface area contributed by atoms with Crippen molar-refractivity contribution < 1.29 is 0 Å². The van der Waals surface area contributed by atoms with Gasteiger partial charge in [-0.1, -0.05) is 13.8 Å². The molecule has 2 fully saturated rings. The van der Waals surface area contributed by atoms with E-state index in [1.807, 2.05) is 12.4 Å². The zero-order valence-electron chi connectivity index (χ0n) is 12.5. The van der Waals surface area contributed by atoms with E-state index in [0.29, 0.717) is 6.04 Å². The Morgan fingerprint density at radius 2 is 2.05 bits per heavy atom. The van der Waals surface area contributed by atoms with E-state index in [-0.39, 0.29) is 0 Å². The van der Waals surface area contributed by atoms with Gasteiger partial charge in [-0.15, -0.1) is 0 Å². The van der Waals surface area contributed by atoms with Crippen molar-refractivity contribution in [1.29, 1.82) is 0 Å². The van der Waals surface area contributed by atoms with Crippen molar-refractivity contribution in [2.75, 3.05) is 31.1 Å². The standard InChI is InChI=1S/C15H25N5/c1-12(2)16-8-13-9-17-15(18-10-13)20-7-6-19-5-3-4-14(19)11-20/h9-10,12,14,16H,3-8,11H2,1-2H3. The third-order valence-corrected chi connectivity index (χ3v) is 4.28. The van der Waals surface area contributed by atoms with Crippen molar-refractivity contribution in [2.45, 2.75) is 45.3 Å². The highest BCUT2D eigenvalue weighted by atomic mass is 15.3. The third-order valence-electron chi connectivity index (χ3n) is 4.28. The molecule has 1 atom stereocenters. The van der Waals surface area contributed by atoms with E-state index in [1.165, 1.54) is 19.4 Å². The Morgan fingerprint density at radius 3 is 2.80 bits per heavy atom. The Hall–Kier alpha value is -1.20. The second-order valence-electron chi connectivity index (χ2n) is 6.20. The second kappa shape index (κ2) is 6.06. The summed E-state index contributed by atoms with van der Waals surface area (Å²) in [5.74, 6) is 0.893. The largest absolute Gasteiger partial charge is 0.338 e. The van der Waals surface area contributed by atoms with Crippen molar-refractivity contribution in [2.24, 2.45) is 0 Å². The molecule has 1 aromatic rings. The topological polar surface area (TPSA) is 44.3 Å². The molecule has 110 valence electrons. The van der Waals surface area contributed by atoms with Gasteiger partial charge in [0.05, 0.1) is 0 Å². The molecule has 0 amide bonds. The van der Waals surface area contributed by atoms with Crippen molar-refractivity contribution in [1.82, 2.24) is 20.2 Å². The van der Waals surface area contributed by atoms with Crippen LogP contribution < -0.4 is 10.2 Å². The predicted octanol–water partition coefficient (Wildman–Crippen LogP) is 1.26. The molecular formula is C15H25N5. The van der Waals surface area contributed by atoms with Gasteiger partial charge in [0, 0.05) is 56.2 Å². The maximum Gasteiger partial charge on any atom is 0.225 e. The maximum atomic E-state index is 4.55. The van der Waals surface area contributed by atoms with E-state index < -0.39 is 0 Å². The molecule has 0 saturated carbocycles. The lowest BCUT2D eigenvalue weighted by Crippen LogP contribution is -2.50. The molecule has 3 rings (SSSR count).